The van der Waals surface area contributed by atoms with Crippen molar-refractivity contribution in [1.82, 2.24) is 5.32 Å². The molecule has 0 aromatic heterocycles. The zero-order chi connectivity index (χ0) is 13.4. The quantitative estimate of drug-likeness (QED) is 0.688. The summed E-state index contributed by atoms with van der Waals surface area (Å²) in [5.41, 5.74) is 5.95. The summed E-state index contributed by atoms with van der Waals surface area (Å²) in [6.45, 7) is 2.76. The average Bonchev–Trinajstić information content (AvgIpc) is 2.35. The zero-order valence-electron chi connectivity index (χ0n) is 10.2. The first-order valence-electron chi connectivity index (χ1n) is 5.68. The predicted octanol–water partition coefficient (Wildman–Crippen LogP) is 1.88. The van der Waals surface area contributed by atoms with Gasteiger partial charge >= 0.3 is 6.03 Å². The number of carbonyl (C=O) groups excluding carboxylic acids is 1. The molecule has 0 unspecified atom stereocenters. The van der Waals surface area contributed by atoms with Crippen LogP contribution >= 0.6 is 12.2 Å². The van der Waals surface area contributed by atoms with Crippen LogP contribution in [0.2, 0.25) is 0 Å². The number of nitrogens with two attached hydrogens (primary N) is 1. The van der Waals surface area contributed by atoms with Crippen LogP contribution in [0.3, 0.4) is 0 Å². The van der Waals surface area contributed by atoms with E-state index in [9.17, 15) is 4.79 Å². The number of para-hydroxylation sites is 2. The number of carbonyl (C=O) groups is 1. The van der Waals surface area contributed by atoms with Gasteiger partial charge in [0.25, 0.3) is 0 Å². The molecule has 0 aliphatic heterocycles. The first-order valence-corrected chi connectivity index (χ1v) is 6.09. The van der Waals surface area contributed by atoms with Gasteiger partial charge in [0.15, 0.2) is 0 Å². The Bertz CT molecular complexity index is 424. The Labute approximate surface area is 112 Å². The van der Waals surface area contributed by atoms with Crippen molar-refractivity contribution in [3.8, 4) is 5.75 Å². The molecule has 18 heavy (non-hydrogen) atoms. The fraction of sp³-hybridized carbons (Fsp3) is 0.333. The Morgan fingerprint density at radius 2 is 2.17 bits per heavy atom. The molecule has 0 radical (unpaired) electrons. The number of urea groups is 1. The van der Waals surface area contributed by atoms with E-state index in [1.54, 1.807) is 12.1 Å². The molecule has 0 saturated heterocycles. The zero-order valence-corrected chi connectivity index (χ0v) is 11.0. The molecule has 5 nitrogen and oxygen atoms in total. The monoisotopic (exact) mass is 267 g/mol. The van der Waals surface area contributed by atoms with Gasteiger partial charge in [-0.25, -0.2) is 4.79 Å². The van der Waals surface area contributed by atoms with Gasteiger partial charge in [-0.3, -0.25) is 0 Å². The first kappa shape index (κ1) is 14.2. The fourth-order valence-electron chi connectivity index (χ4n) is 1.25. The van der Waals surface area contributed by atoms with Gasteiger partial charge in [-0.2, -0.15) is 0 Å². The summed E-state index contributed by atoms with van der Waals surface area (Å²) < 4.78 is 5.40. The van der Waals surface area contributed by atoms with Crippen molar-refractivity contribution >= 4 is 28.9 Å². The normalized spacial score (nSPS) is 9.61. The molecule has 2 amide bonds. The van der Waals surface area contributed by atoms with Crippen molar-refractivity contribution in [2.45, 2.75) is 13.3 Å². The molecular formula is C12H17N3O2S. The van der Waals surface area contributed by atoms with E-state index in [0.29, 0.717) is 18.0 Å². The molecule has 1 aromatic rings. The molecule has 0 aliphatic carbocycles. The number of hydrogen-bond acceptors (Lipinski definition) is 3. The number of rotatable bonds is 6. The minimum atomic E-state index is -0.261. The molecule has 0 saturated carbocycles. The molecule has 0 atom stereocenters. The lowest BCUT2D eigenvalue weighted by Crippen LogP contribution is -2.29. The summed E-state index contributed by atoms with van der Waals surface area (Å²) in [7, 11) is 0. The molecule has 98 valence electrons. The Kier molecular flexibility index (Phi) is 5.93. The molecular weight excluding hydrogens is 250 g/mol. The van der Waals surface area contributed by atoms with Crippen molar-refractivity contribution in [1.29, 1.82) is 0 Å². The standard InChI is InChI=1S/C12H17N3O2S/c1-2-7-14-12(16)15-9-5-3-4-6-10(9)17-8-11(13)18/h3-6H,2,7-8H2,1H3,(H2,13,18)(H2,14,15,16). The van der Waals surface area contributed by atoms with Gasteiger partial charge in [0.2, 0.25) is 0 Å². The van der Waals surface area contributed by atoms with Crippen LogP contribution in [0, 0.1) is 0 Å². The summed E-state index contributed by atoms with van der Waals surface area (Å²) in [6, 6.07) is 6.85. The predicted molar refractivity (Wildman–Crippen MR) is 76.0 cm³/mol. The molecule has 6 heteroatoms. The Morgan fingerprint density at radius 3 is 2.83 bits per heavy atom. The third-order valence-electron chi connectivity index (χ3n) is 2.04. The van der Waals surface area contributed by atoms with Gasteiger partial charge in [0.1, 0.15) is 17.3 Å². The maximum atomic E-state index is 11.5. The SMILES string of the molecule is CCCNC(=O)Nc1ccccc1OCC(N)=S. The van der Waals surface area contributed by atoms with Crippen LogP contribution in [0.4, 0.5) is 10.5 Å². The number of anilines is 1. The molecule has 0 fully saturated rings. The summed E-state index contributed by atoms with van der Waals surface area (Å²) in [5, 5.41) is 5.43. The maximum Gasteiger partial charge on any atom is 0.319 e. The molecule has 0 aliphatic rings. The van der Waals surface area contributed by atoms with Gasteiger partial charge < -0.3 is 21.1 Å². The number of ether oxygens (including phenoxy) is 1. The van der Waals surface area contributed by atoms with E-state index in [1.165, 1.54) is 0 Å². The Morgan fingerprint density at radius 1 is 1.44 bits per heavy atom. The van der Waals surface area contributed by atoms with E-state index in [0.717, 1.165) is 6.42 Å². The number of nitrogens with one attached hydrogen (secondary N) is 2. The van der Waals surface area contributed by atoms with Gasteiger partial charge in [-0.1, -0.05) is 31.3 Å². The topological polar surface area (TPSA) is 76.4 Å². The highest BCUT2D eigenvalue weighted by atomic mass is 32.1. The van der Waals surface area contributed by atoms with Gasteiger partial charge in [-0.05, 0) is 18.6 Å². The van der Waals surface area contributed by atoms with Crippen LogP contribution in [0.15, 0.2) is 24.3 Å². The van der Waals surface area contributed by atoms with E-state index in [2.05, 4.69) is 10.6 Å². The van der Waals surface area contributed by atoms with E-state index in [1.807, 2.05) is 19.1 Å². The van der Waals surface area contributed by atoms with Crippen molar-refractivity contribution < 1.29 is 9.53 Å². The Balaban J connectivity index is 2.63. The van der Waals surface area contributed by atoms with Gasteiger partial charge in [0, 0.05) is 6.54 Å². The van der Waals surface area contributed by atoms with Crippen LogP contribution in [0.5, 0.6) is 5.75 Å². The lowest BCUT2D eigenvalue weighted by atomic mass is 10.3. The molecule has 1 rings (SSSR count). The fourth-order valence-corrected chi connectivity index (χ4v) is 1.31. The molecule has 0 spiro atoms. The van der Waals surface area contributed by atoms with Crippen LogP contribution in [0.1, 0.15) is 13.3 Å². The van der Waals surface area contributed by atoms with Crippen molar-refractivity contribution in [3.63, 3.8) is 0 Å². The van der Waals surface area contributed by atoms with E-state index >= 15 is 0 Å². The molecule has 1 aromatic carbocycles. The molecule has 0 heterocycles. The van der Waals surface area contributed by atoms with Crippen molar-refractivity contribution in [3.05, 3.63) is 24.3 Å². The van der Waals surface area contributed by atoms with Crippen LogP contribution in [-0.4, -0.2) is 24.2 Å². The first-order chi connectivity index (χ1) is 8.63. The highest BCUT2D eigenvalue weighted by Crippen LogP contribution is 2.23. The third-order valence-corrected chi connectivity index (χ3v) is 2.16. The average molecular weight is 267 g/mol. The number of hydrogen-bond donors (Lipinski definition) is 3. The molecule has 4 N–H and O–H groups in total. The lowest BCUT2D eigenvalue weighted by Gasteiger charge is -2.12. The van der Waals surface area contributed by atoms with Crippen LogP contribution in [0.25, 0.3) is 0 Å². The van der Waals surface area contributed by atoms with Crippen LogP contribution in [-0.2, 0) is 0 Å². The lowest BCUT2D eigenvalue weighted by molar-refractivity contribution is 0.252. The smallest absolute Gasteiger partial charge is 0.319 e. The minimum Gasteiger partial charge on any atom is -0.484 e. The highest BCUT2D eigenvalue weighted by Gasteiger charge is 2.06. The number of benzene rings is 1. The van der Waals surface area contributed by atoms with Gasteiger partial charge in [0.05, 0.1) is 5.69 Å². The number of amides is 2. The van der Waals surface area contributed by atoms with Crippen molar-refractivity contribution in [2.75, 3.05) is 18.5 Å². The van der Waals surface area contributed by atoms with Gasteiger partial charge in [-0.15, -0.1) is 0 Å². The summed E-state index contributed by atoms with van der Waals surface area (Å²) in [4.78, 5) is 11.8. The van der Waals surface area contributed by atoms with E-state index in [4.69, 9.17) is 22.7 Å². The highest BCUT2D eigenvalue weighted by molar-refractivity contribution is 7.80. The summed E-state index contributed by atoms with van der Waals surface area (Å²) >= 11 is 4.74. The van der Waals surface area contributed by atoms with E-state index < -0.39 is 0 Å². The van der Waals surface area contributed by atoms with Crippen molar-refractivity contribution in [2.24, 2.45) is 5.73 Å². The second kappa shape index (κ2) is 7.50. The largest absolute Gasteiger partial charge is 0.484 e. The third kappa shape index (κ3) is 5.01. The summed E-state index contributed by atoms with van der Waals surface area (Å²) in [6.07, 6.45) is 0.882. The second-order valence-corrected chi connectivity index (χ2v) is 4.16. The number of thiocarbonyl (C=S) groups is 1. The Hall–Kier alpha value is -1.82. The maximum absolute atomic E-state index is 11.5. The van der Waals surface area contributed by atoms with Crippen LogP contribution < -0.4 is 21.1 Å². The summed E-state index contributed by atoms with van der Waals surface area (Å²) in [5.74, 6) is 0.539. The minimum absolute atomic E-state index is 0.143. The second-order valence-electron chi connectivity index (χ2n) is 3.63. The molecule has 0 bridgehead atoms. The van der Waals surface area contributed by atoms with E-state index in [-0.39, 0.29) is 17.6 Å².